The monoisotopic (exact) mass is 373 g/mol. The van der Waals surface area contributed by atoms with Crippen LogP contribution < -0.4 is 10.5 Å². The third-order valence-electron chi connectivity index (χ3n) is 5.54. The van der Waals surface area contributed by atoms with Gasteiger partial charge in [-0.15, -0.1) is 0 Å². The lowest BCUT2D eigenvalue weighted by Gasteiger charge is -2.38. The van der Waals surface area contributed by atoms with E-state index in [0.29, 0.717) is 25.6 Å². The van der Waals surface area contributed by atoms with E-state index in [0.717, 1.165) is 56.8 Å². The fourth-order valence-electron chi connectivity index (χ4n) is 3.52. The van der Waals surface area contributed by atoms with Crippen LogP contribution in [0.5, 0.6) is 5.75 Å². The molecule has 0 bridgehead atoms. The van der Waals surface area contributed by atoms with E-state index in [-0.39, 0.29) is 17.6 Å². The molecular weight excluding hydrogens is 342 g/mol. The van der Waals surface area contributed by atoms with Gasteiger partial charge in [0.15, 0.2) is 5.78 Å². The van der Waals surface area contributed by atoms with Crippen LogP contribution >= 0.6 is 0 Å². The molecule has 1 heterocycles. The van der Waals surface area contributed by atoms with Gasteiger partial charge in [0.2, 0.25) is 5.91 Å². The van der Waals surface area contributed by atoms with Crippen LogP contribution in [0.2, 0.25) is 0 Å². The van der Waals surface area contributed by atoms with Gasteiger partial charge in [0.05, 0.1) is 6.61 Å². The summed E-state index contributed by atoms with van der Waals surface area (Å²) in [5.41, 5.74) is 6.26. The molecule has 2 fully saturated rings. The van der Waals surface area contributed by atoms with E-state index < -0.39 is 0 Å². The quantitative estimate of drug-likeness (QED) is 0.670. The largest absolute Gasteiger partial charge is 0.494 e. The molecule has 1 atom stereocenters. The summed E-state index contributed by atoms with van der Waals surface area (Å²) in [5.74, 6) is 1.49. The molecule has 6 heteroatoms. The number of carbonyl (C=O) groups is 2. The molecule has 0 radical (unpaired) electrons. The number of rotatable bonds is 9. The molecule has 0 unspecified atom stereocenters. The molecule has 2 N–H and O–H groups in total. The first-order chi connectivity index (χ1) is 13.1. The average molecular weight is 373 g/mol. The molecule has 1 aliphatic heterocycles. The molecule has 1 aromatic rings. The van der Waals surface area contributed by atoms with Crippen LogP contribution in [0.15, 0.2) is 24.3 Å². The van der Waals surface area contributed by atoms with Gasteiger partial charge in [-0.1, -0.05) is 0 Å². The predicted octanol–water partition coefficient (Wildman–Crippen LogP) is 1.93. The molecule has 0 aromatic heterocycles. The smallest absolute Gasteiger partial charge is 0.223 e. The molecule has 1 aromatic carbocycles. The number of Topliss-reactive ketones (excluding diaryl/α,β-unsaturated/α-hetero) is 1. The number of benzene rings is 1. The van der Waals surface area contributed by atoms with Crippen LogP contribution in [0.3, 0.4) is 0 Å². The average Bonchev–Trinajstić information content (AvgIpc) is 3.53. The van der Waals surface area contributed by atoms with Gasteiger partial charge in [0.1, 0.15) is 5.75 Å². The fraction of sp³-hybridized carbons (Fsp3) is 0.619. The minimum absolute atomic E-state index is 0.164. The second kappa shape index (κ2) is 9.33. The van der Waals surface area contributed by atoms with Crippen LogP contribution in [0.1, 0.15) is 43.0 Å². The second-order valence-electron chi connectivity index (χ2n) is 7.60. The lowest BCUT2D eigenvalue weighted by Crippen LogP contribution is -2.51. The summed E-state index contributed by atoms with van der Waals surface area (Å²) in [6.07, 6.45) is 3.43. The molecule has 1 saturated heterocycles. The van der Waals surface area contributed by atoms with Crippen LogP contribution in [-0.2, 0) is 4.79 Å². The molecule has 0 spiro atoms. The van der Waals surface area contributed by atoms with Gasteiger partial charge in [0.25, 0.3) is 0 Å². The van der Waals surface area contributed by atoms with Crippen molar-refractivity contribution in [3.05, 3.63) is 29.8 Å². The Hall–Kier alpha value is -1.92. The van der Waals surface area contributed by atoms with E-state index in [1.165, 1.54) is 0 Å². The van der Waals surface area contributed by atoms with E-state index in [4.69, 9.17) is 10.5 Å². The summed E-state index contributed by atoms with van der Waals surface area (Å²) in [4.78, 5) is 28.2. The number of ether oxygens (including phenoxy) is 1. The Morgan fingerprint density at radius 3 is 2.41 bits per heavy atom. The summed E-state index contributed by atoms with van der Waals surface area (Å²) in [6, 6.07) is 7.94. The van der Waals surface area contributed by atoms with Crippen molar-refractivity contribution in [2.45, 2.75) is 38.6 Å². The maximum Gasteiger partial charge on any atom is 0.223 e. The maximum atomic E-state index is 12.0. The molecule has 1 saturated carbocycles. The highest BCUT2D eigenvalue weighted by Gasteiger charge is 2.30. The number of hydrogen-bond acceptors (Lipinski definition) is 5. The van der Waals surface area contributed by atoms with E-state index in [2.05, 4.69) is 11.8 Å². The Kier molecular flexibility index (Phi) is 6.85. The number of piperazine rings is 1. The third kappa shape index (κ3) is 5.53. The minimum atomic E-state index is 0.164. The highest BCUT2D eigenvalue weighted by Crippen LogP contribution is 2.32. The minimum Gasteiger partial charge on any atom is -0.494 e. The molecule has 3 rings (SSSR count). The zero-order valence-corrected chi connectivity index (χ0v) is 16.2. The second-order valence-corrected chi connectivity index (χ2v) is 7.60. The summed E-state index contributed by atoms with van der Waals surface area (Å²) < 4.78 is 5.85. The molecular formula is C21H31N3O3. The van der Waals surface area contributed by atoms with Crippen molar-refractivity contribution in [2.75, 3.05) is 39.3 Å². The zero-order chi connectivity index (χ0) is 19.2. The Bertz CT molecular complexity index is 635. The highest BCUT2D eigenvalue weighted by atomic mass is 16.5. The van der Waals surface area contributed by atoms with Gasteiger partial charge in [-0.25, -0.2) is 0 Å². The van der Waals surface area contributed by atoms with Gasteiger partial charge in [0, 0.05) is 56.7 Å². The highest BCUT2D eigenvalue weighted by molar-refractivity contribution is 5.99. The zero-order valence-electron chi connectivity index (χ0n) is 16.2. The van der Waals surface area contributed by atoms with Crippen molar-refractivity contribution < 1.29 is 14.3 Å². The summed E-state index contributed by atoms with van der Waals surface area (Å²) in [7, 11) is 0. The number of hydrogen-bond donors (Lipinski definition) is 1. The van der Waals surface area contributed by atoms with E-state index in [9.17, 15) is 9.59 Å². The lowest BCUT2D eigenvalue weighted by atomic mass is 10.1. The Balaban J connectivity index is 1.36. The Morgan fingerprint density at radius 1 is 1.15 bits per heavy atom. The fourth-order valence-corrected chi connectivity index (χ4v) is 3.52. The normalized spacial score (nSPS) is 19.0. The van der Waals surface area contributed by atoms with Crippen LogP contribution in [0.4, 0.5) is 0 Å². The summed E-state index contributed by atoms with van der Waals surface area (Å²) in [6.45, 7) is 6.62. The number of nitrogens with two attached hydrogens (primary N) is 1. The topological polar surface area (TPSA) is 75.9 Å². The maximum absolute atomic E-state index is 12.0. The number of carbonyl (C=O) groups excluding carboxylic acids is 2. The first-order valence-corrected chi connectivity index (χ1v) is 10.1. The molecule has 1 aliphatic carbocycles. The summed E-state index contributed by atoms with van der Waals surface area (Å²) >= 11 is 0. The molecule has 1 amide bonds. The number of ketones is 1. The molecule has 2 aliphatic rings. The van der Waals surface area contributed by atoms with Crippen LogP contribution in [0, 0.1) is 5.92 Å². The SMILES string of the molecule is C[C@H](CCOc1ccc(C(=O)C2CC2)cc1)N1CCN(C(=O)CCN)CC1. The first-order valence-electron chi connectivity index (χ1n) is 10.1. The van der Waals surface area contributed by atoms with Gasteiger partial charge >= 0.3 is 0 Å². The van der Waals surface area contributed by atoms with Crippen LogP contribution in [0.25, 0.3) is 0 Å². The third-order valence-corrected chi connectivity index (χ3v) is 5.54. The Morgan fingerprint density at radius 2 is 1.81 bits per heavy atom. The van der Waals surface area contributed by atoms with Crippen molar-refractivity contribution in [1.82, 2.24) is 9.80 Å². The standard InChI is InChI=1S/C21H31N3O3/c1-16(23-11-13-24(14-12-23)20(25)8-10-22)9-15-27-19-6-4-18(5-7-19)21(26)17-2-3-17/h4-7,16-17H,2-3,8-15,22H2,1H3/t16-/m1/s1. The number of nitrogens with zero attached hydrogens (tertiary/aromatic N) is 2. The number of amides is 1. The van der Waals surface area contributed by atoms with Gasteiger partial charge in [-0.05, 0) is 50.5 Å². The van der Waals surface area contributed by atoms with Gasteiger partial charge in [-0.3, -0.25) is 14.5 Å². The van der Waals surface area contributed by atoms with Gasteiger partial charge < -0.3 is 15.4 Å². The van der Waals surface area contributed by atoms with Crippen molar-refractivity contribution in [3.8, 4) is 5.75 Å². The van der Waals surface area contributed by atoms with Crippen molar-refractivity contribution in [3.63, 3.8) is 0 Å². The van der Waals surface area contributed by atoms with Crippen molar-refractivity contribution in [2.24, 2.45) is 11.7 Å². The first kappa shape index (κ1) is 19.8. The van der Waals surface area contributed by atoms with Crippen molar-refractivity contribution in [1.29, 1.82) is 0 Å². The van der Waals surface area contributed by atoms with E-state index in [1.807, 2.05) is 29.2 Å². The van der Waals surface area contributed by atoms with Crippen LogP contribution in [-0.4, -0.2) is 66.9 Å². The summed E-state index contributed by atoms with van der Waals surface area (Å²) in [5, 5.41) is 0. The Labute approximate surface area is 161 Å². The van der Waals surface area contributed by atoms with E-state index >= 15 is 0 Å². The van der Waals surface area contributed by atoms with Crippen molar-refractivity contribution >= 4 is 11.7 Å². The molecule has 6 nitrogen and oxygen atoms in total. The van der Waals surface area contributed by atoms with Gasteiger partial charge in [-0.2, -0.15) is 0 Å². The molecule has 27 heavy (non-hydrogen) atoms. The molecule has 148 valence electrons. The van der Waals surface area contributed by atoms with E-state index in [1.54, 1.807) is 0 Å². The predicted molar refractivity (Wildman–Crippen MR) is 105 cm³/mol. The lowest BCUT2D eigenvalue weighted by molar-refractivity contribution is -0.133.